The standard InChI is InChI=1S/C19H12Cl2F3N3O2S/c1-2-5-27-17(29)12(16(28)25-18(27)30)9-11-4-3-6-26(11)15-13(20)7-10(8-14(15)21)19(22,23)24/h2-4,6-9H,1,5H2,(H,25,28,30). The third-order valence-corrected chi connectivity index (χ3v) is 5.05. The van der Waals surface area contributed by atoms with Gasteiger partial charge in [-0.05, 0) is 42.6 Å². The van der Waals surface area contributed by atoms with Crippen molar-refractivity contribution in [2.24, 2.45) is 0 Å². The van der Waals surface area contributed by atoms with Crippen molar-refractivity contribution in [2.45, 2.75) is 6.18 Å². The summed E-state index contributed by atoms with van der Waals surface area (Å²) in [4.78, 5) is 26.1. The molecule has 1 aliphatic heterocycles. The number of rotatable bonds is 4. The van der Waals surface area contributed by atoms with Gasteiger partial charge in [-0.15, -0.1) is 6.58 Å². The van der Waals surface area contributed by atoms with E-state index in [4.69, 9.17) is 35.4 Å². The highest BCUT2D eigenvalue weighted by atomic mass is 35.5. The van der Waals surface area contributed by atoms with E-state index in [1.165, 1.54) is 22.9 Å². The molecular weight excluding hydrogens is 462 g/mol. The number of nitrogens with zero attached hydrogens (tertiary/aromatic N) is 2. The maximum Gasteiger partial charge on any atom is 0.416 e. The van der Waals surface area contributed by atoms with Gasteiger partial charge in [-0.25, -0.2) is 0 Å². The summed E-state index contributed by atoms with van der Waals surface area (Å²) in [6, 6.07) is 4.61. The molecule has 1 aromatic carbocycles. The van der Waals surface area contributed by atoms with E-state index in [9.17, 15) is 22.8 Å². The van der Waals surface area contributed by atoms with E-state index in [0.717, 1.165) is 17.0 Å². The predicted octanol–water partition coefficient (Wildman–Crippen LogP) is 4.62. The van der Waals surface area contributed by atoms with Gasteiger partial charge in [0.05, 0.1) is 21.3 Å². The number of hydrogen-bond acceptors (Lipinski definition) is 3. The average molecular weight is 474 g/mol. The average Bonchev–Trinajstić information content (AvgIpc) is 3.08. The maximum absolute atomic E-state index is 13.0. The third-order valence-electron chi connectivity index (χ3n) is 4.16. The van der Waals surface area contributed by atoms with Gasteiger partial charge in [-0.2, -0.15) is 13.2 Å². The van der Waals surface area contributed by atoms with Gasteiger partial charge in [0.2, 0.25) is 0 Å². The molecule has 30 heavy (non-hydrogen) atoms. The summed E-state index contributed by atoms with van der Waals surface area (Å²) in [5, 5.41) is 1.86. The lowest BCUT2D eigenvalue weighted by atomic mass is 10.1. The van der Waals surface area contributed by atoms with Gasteiger partial charge in [0.15, 0.2) is 5.11 Å². The van der Waals surface area contributed by atoms with E-state index in [2.05, 4.69) is 11.9 Å². The van der Waals surface area contributed by atoms with Crippen LogP contribution >= 0.6 is 35.4 Å². The summed E-state index contributed by atoms with van der Waals surface area (Å²) in [5.41, 5.74) is -0.845. The highest BCUT2D eigenvalue weighted by Gasteiger charge is 2.34. The molecule has 2 aromatic rings. The molecule has 1 aliphatic rings. The van der Waals surface area contributed by atoms with Crippen molar-refractivity contribution in [1.82, 2.24) is 14.8 Å². The molecule has 156 valence electrons. The van der Waals surface area contributed by atoms with Crippen molar-refractivity contribution in [1.29, 1.82) is 0 Å². The number of amides is 2. The van der Waals surface area contributed by atoms with Crippen LogP contribution in [0.25, 0.3) is 11.8 Å². The molecule has 1 aromatic heterocycles. The molecule has 3 rings (SSSR count). The van der Waals surface area contributed by atoms with Crippen molar-refractivity contribution in [2.75, 3.05) is 6.54 Å². The summed E-state index contributed by atoms with van der Waals surface area (Å²) in [7, 11) is 0. The number of thiocarbonyl (C=S) groups is 1. The molecule has 1 fully saturated rings. The fourth-order valence-electron chi connectivity index (χ4n) is 2.81. The van der Waals surface area contributed by atoms with E-state index in [-0.39, 0.29) is 33.0 Å². The van der Waals surface area contributed by atoms with E-state index in [1.54, 1.807) is 12.1 Å². The van der Waals surface area contributed by atoms with Crippen molar-refractivity contribution in [3.8, 4) is 5.69 Å². The van der Waals surface area contributed by atoms with Crippen LogP contribution < -0.4 is 5.32 Å². The Morgan fingerprint density at radius 3 is 2.40 bits per heavy atom. The van der Waals surface area contributed by atoms with Crippen molar-refractivity contribution in [3.05, 3.63) is 70.0 Å². The Morgan fingerprint density at radius 1 is 1.20 bits per heavy atom. The molecule has 1 saturated heterocycles. The van der Waals surface area contributed by atoms with Gasteiger partial charge in [-0.3, -0.25) is 19.8 Å². The second-order valence-electron chi connectivity index (χ2n) is 6.11. The second kappa shape index (κ2) is 8.25. The van der Waals surface area contributed by atoms with Crippen LogP contribution in [0.1, 0.15) is 11.3 Å². The molecule has 0 atom stereocenters. The highest BCUT2D eigenvalue weighted by Crippen LogP contribution is 2.38. The lowest BCUT2D eigenvalue weighted by molar-refractivity contribution is -0.137. The monoisotopic (exact) mass is 473 g/mol. The summed E-state index contributed by atoms with van der Waals surface area (Å²) in [6.45, 7) is 3.63. The first-order valence-corrected chi connectivity index (χ1v) is 9.44. The molecule has 5 nitrogen and oxygen atoms in total. The number of carbonyl (C=O) groups is 2. The fourth-order valence-corrected chi connectivity index (χ4v) is 3.73. The molecule has 0 spiro atoms. The quantitative estimate of drug-likeness (QED) is 0.305. The Balaban J connectivity index is 2.08. The zero-order chi connectivity index (χ0) is 22.2. The lowest BCUT2D eigenvalue weighted by Gasteiger charge is -2.27. The Hall–Kier alpha value is -2.62. The minimum Gasteiger partial charge on any atom is -0.314 e. The molecule has 0 aliphatic carbocycles. The first-order chi connectivity index (χ1) is 14.0. The van der Waals surface area contributed by atoms with Crippen molar-refractivity contribution >= 4 is 58.4 Å². The van der Waals surface area contributed by atoms with Gasteiger partial charge >= 0.3 is 6.18 Å². The number of halogens is 5. The van der Waals surface area contributed by atoms with E-state index in [0.29, 0.717) is 5.69 Å². The van der Waals surface area contributed by atoms with Gasteiger partial charge in [0.1, 0.15) is 5.57 Å². The molecule has 2 amide bonds. The Bertz CT molecular complexity index is 1090. The molecule has 1 N–H and O–H groups in total. The third kappa shape index (κ3) is 4.14. The van der Waals surface area contributed by atoms with Gasteiger partial charge < -0.3 is 4.57 Å². The minimum absolute atomic E-state index is 0.0498. The van der Waals surface area contributed by atoms with Crippen molar-refractivity contribution < 1.29 is 22.8 Å². The fraction of sp³-hybridized carbons (Fsp3) is 0.105. The van der Waals surface area contributed by atoms with E-state index in [1.807, 2.05) is 0 Å². The number of aromatic nitrogens is 1. The topological polar surface area (TPSA) is 54.3 Å². The first kappa shape index (κ1) is 22.1. The lowest BCUT2D eigenvalue weighted by Crippen LogP contribution is -2.53. The van der Waals surface area contributed by atoms with E-state index < -0.39 is 23.6 Å². The number of nitrogens with one attached hydrogen (secondary N) is 1. The number of carbonyl (C=O) groups excluding carboxylic acids is 2. The first-order valence-electron chi connectivity index (χ1n) is 8.28. The molecule has 0 saturated carbocycles. The number of alkyl halides is 3. The summed E-state index contributed by atoms with van der Waals surface area (Å²) < 4.78 is 40.3. The van der Waals surface area contributed by atoms with E-state index >= 15 is 0 Å². The second-order valence-corrected chi connectivity index (χ2v) is 7.31. The molecular formula is C19H12Cl2F3N3O2S. The SMILES string of the molecule is C=CCN1C(=O)C(=Cc2cccn2-c2c(Cl)cc(C(F)(F)F)cc2Cl)C(=O)NC1=S. The number of benzene rings is 1. The van der Waals surface area contributed by atoms with Crippen LogP contribution in [-0.4, -0.2) is 32.9 Å². The molecule has 2 heterocycles. The maximum atomic E-state index is 13.0. The summed E-state index contributed by atoms with van der Waals surface area (Å²) in [6.07, 6.45) is -0.402. The highest BCUT2D eigenvalue weighted by molar-refractivity contribution is 7.80. The Morgan fingerprint density at radius 2 is 1.83 bits per heavy atom. The smallest absolute Gasteiger partial charge is 0.314 e. The zero-order valence-corrected chi connectivity index (χ0v) is 17.3. The van der Waals surface area contributed by atoms with Crippen LogP contribution in [-0.2, 0) is 15.8 Å². The largest absolute Gasteiger partial charge is 0.416 e. The minimum atomic E-state index is -4.62. The van der Waals surface area contributed by atoms with Crippen LogP contribution in [0.15, 0.2) is 48.7 Å². The molecule has 0 unspecified atom stereocenters. The normalized spacial score (nSPS) is 16.2. The number of hydrogen-bond donors (Lipinski definition) is 1. The molecule has 11 heteroatoms. The van der Waals surface area contributed by atoms with Crippen molar-refractivity contribution in [3.63, 3.8) is 0 Å². The van der Waals surface area contributed by atoms with Crippen LogP contribution in [0, 0.1) is 0 Å². The van der Waals surface area contributed by atoms with Crippen LogP contribution in [0.5, 0.6) is 0 Å². The van der Waals surface area contributed by atoms with Crippen LogP contribution in [0.3, 0.4) is 0 Å². The summed E-state index contributed by atoms with van der Waals surface area (Å²) in [5.74, 6) is -1.34. The molecule has 0 radical (unpaired) electrons. The van der Waals surface area contributed by atoms with Gasteiger partial charge in [0.25, 0.3) is 11.8 Å². The van der Waals surface area contributed by atoms with Crippen LogP contribution in [0.4, 0.5) is 13.2 Å². The van der Waals surface area contributed by atoms with Gasteiger partial charge in [0, 0.05) is 18.4 Å². The molecule has 0 bridgehead atoms. The Kier molecular flexibility index (Phi) is 6.07. The Labute approximate surface area is 184 Å². The summed E-state index contributed by atoms with van der Waals surface area (Å²) >= 11 is 17.2. The van der Waals surface area contributed by atoms with Crippen LogP contribution in [0.2, 0.25) is 10.0 Å². The predicted molar refractivity (Wildman–Crippen MR) is 111 cm³/mol. The van der Waals surface area contributed by atoms with Gasteiger partial charge in [-0.1, -0.05) is 29.3 Å². The zero-order valence-electron chi connectivity index (χ0n) is 15.0.